The van der Waals surface area contributed by atoms with Gasteiger partial charge in [0.25, 0.3) is 0 Å². The molecule has 6 heteroatoms. The summed E-state index contributed by atoms with van der Waals surface area (Å²) >= 11 is 0. The zero-order valence-corrected chi connectivity index (χ0v) is 10.5. The lowest BCUT2D eigenvalue weighted by Gasteiger charge is -2.11. The molecule has 3 nitrogen and oxygen atoms in total. The molecule has 0 aromatic carbocycles. The molecule has 104 valence electrons. The second-order valence-corrected chi connectivity index (χ2v) is 4.04. The lowest BCUT2D eigenvalue weighted by atomic mass is 10.4. The number of nitrogens with zero attached hydrogens (tertiary/aromatic N) is 1. The van der Waals surface area contributed by atoms with Gasteiger partial charge in [-0.25, -0.2) is 0 Å². The summed E-state index contributed by atoms with van der Waals surface area (Å²) in [5.74, 6) is 0. The van der Waals surface area contributed by atoms with Crippen molar-refractivity contribution < 1.29 is 17.9 Å². The van der Waals surface area contributed by atoms with Gasteiger partial charge in [0.1, 0.15) is 6.61 Å². The van der Waals surface area contributed by atoms with Crippen LogP contribution in [0.1, 0.15) is 19.0 Å². The van der Waals surface area contributed by atoms with E-state index >= 15 is 0 Å². The molecule has 0 saturated heterocycles. The molecule has 0 aliphatic carbocycles. The first-order valence-corrected chi connectivity index (χ1v) is 6.02. The summed E-state index contributed by atoms with van der Waals surface area (Å²) in [6, 6.07) is 3.83. The Morgan fingerprint density at radius 1 is 1.39 bits per heavy atom. The van der Waals surface area contributed by atoms with Gasteiger partial charge in [-0.3, -0.25) is 0 Å². The SMILES string of the molecule is CCCNCc1cccn1CCOCC(F)(F)F. The van der Waals surface area contributed by atoms with E-state index in [1.807, 2.05) is 22.9 Å². The van der Waals surface area contributed by atoms with Crippen molar-refractivity contribution in [2.45, 2.75) is 32.6 Å². The second-order valence-electron chi connectivity index (χ2n) is 4.04. The summed E-state index contributed by atoms with van der Waals surface area (Å²) in [6.45, 7) is 3.05. The van der Waals surface area contributed by atoms with Crippen molar-refractivity contribution in [3.05, 3.63) is 24.0 Å². The summed E-state index contributed by atoms with van der Waals surface area (Å²) in [5.41, 5.74) is 1.05. The topological polar surface area (TPSA) is 26.2 Å². The molecule has 0 saturated carbocycles. The van der Waals surface area contributed by atoms with E-state index in [2.05, 4.69) is 17.0 Å². The number of nitrogens with one attached hydrogen (secondary N) is 1. The summed E-state index contributed by atoms with van der Waals surface area (Å²) in [7, 11) is 0. The van der Waals surface area contributed by atoms with E-state index in [1.165, 1.54) is 0 Å². The molecule has 1 aromatic heterocycles. The standard InChI is InChI=1S/C12H19F3N2O/c1-2-5-16-9-11-4-3-6-17(11)7-8-18-10-12(13,14)15/h3-4,6,16H,2,5,7-10H2,1H3. The third kappa shape index (κ3) is 6.07. The smallest absolute Gasteiger partial charge is 0.370 e. The molecule has 1 N–H and O–H groups in total. The van der Waals surface area contributed by atoms with Gasteiger partial charge in [-0.05, 0) is 25.1 Å². The normalized spacial score (nSPS) is 12.0. The van der Waals surface area contributed by atoms with E-state index in [-0.39, 0.29) is 6.61 Å². The molecular weight excluding hydrogens is 245 g/mol. The first kappa shape index (κ1) is 15.0. The van der Waals surface area contributed by atoms with Crippen LogP contribution >= 0.6 is 0 Å². The maximum Gasteiger partial charge on any atom is 0.411 e. The van der Waals surface area contributed by atoms with Gasteiger partial charge >= 0.3 is 6.18 Å². The summed E-state index contributed by atoms with van der Waals surface area (Å²) in [4.78, 5) is 0. The predicted molar refractivity (Wildman–Crippen MR) is 63.3 cm³/mol. The lowest BCUT2D eigenvalue weighted by Crippen LogP contribution is -2.20. The molecule has 0 amide bonds. The highest BCUT2D eigenvalue weighted by atomic mass is 19.4. The van der Waals surface area contributed by atoms with Gasteiger partial charge in [0.2, 0.25) is 0 Å². The van der Waals surface area contributed by atoms with Crippen LogP contribution in [0.25, 0.3) is 0 Å². The van der Waals surface area contributed by atoms with Crippen LogP contribution in [0.2, 0.25) is 0 Å². The van der Waals surface area contributed by atoms with Gasteiger partial charge in [-0.15, -0.1) is 0 Å². The van der Waals surface area contributed by atoms with Crippen LogP contribution in [0.15, 0.2) is 18.3 Å². The van der Waals surface area contributed by atoms with Gasteiger partial charge in [0, 0.05) is 25.0 Å². The average molecular weight is 264 g/mol. The Hall–Kier alpha value is -1.01. The minimum absolute atomic E-state index is 0.0645. The minimum atomic E-state index is -4.25. The first-order chi connectivity index (χ1) is 8.53. The molecule has 1 aromatic rings. The molecule has 0 fully saturated rings. The second kappa shape index (κ2) is 7.43. The van der Waals surface area contributed by atoms with E-state index in [1.54, 1.807) is 0 Å². The number of hydrogen-bond acceptors (Lipinski definition) is 2. The lowest BCUT2D eigenvalue weighted by molar-refractivity contribution is -0.174. The fraction of sp³-hybridized carbons (Fsp3) is 0.667. The van der Waals surface area contributed by atoms with Gasteiger partial charge in [0.15, 0.2) is 0 Å². The molecule has 0 unspecified atom stereocenters. The molecule has 0 bridgehead atoms. The quantitative estimate of drug-likeness (QED) is 0.730. The summed E-state index contributed by atoms with van der Waals surface area (Å²) in [6.07, 6.45) is -1.35. The fourth-order valence-electron chi connectivity index (χ4n) is 1.57. The maximum absolute atomic E-state index is 11.9. The minimum Gasteiger partial charge on any atom is -0.370 e. The predicted octanol–water partition coefficient (Wildman–Crippen LogP) is 2.57. The maximum atomic E-state index is 11.9. The fourth-order valence-corrected chi connectivity index (χ4v) is 1.57. The van der Waals surface area contributed by atoms with E-state index in [0.29, 0.717) is 6.54 Å². The van der Waals surface area contributed by atoms with Crippen LogP contribution in [0.4, 0.5) is 13.2 Å². The number of ether oxygens (including phenoxy) is 1. The molecule has 0 radical (unpaired) electrons. The molecule has 18 heavy (non-hydrogen) atoms. The number of hydrogen-bond donors (Lipinski definition) is 1. The van der Waals surface area contributed by atoms with Crippen LogP contribution in [0.3, 0.4) is 0 Å². The third-order valence-corrected chi connectivity index (χ3v) is 2.40. The van der Waals surface area contributed by atoms with Crippen molar-refractivity contribution in [2.75, 3.05) is 19.8 Å². The Bertz CT molecular complexity index is 336. The summed E-state index contributed by atoms with van der Waals surface area (Å²) in [5, 5.41) is 3.25. The van der Waals surface area contributed by atoms with E-state index in [4.69, 9.17) is 0 Å². The van der Waals surface area contributed by atoms with Crippen LogP contribution in [-0.4, -0.2) is 30.5 Å². The third-order valence-electron chi connectivity index (χ3n) is 2.40. The van der Waals surface area contributed by atoms with Gasteiger partial charge in [-0.1, -0.05) is 6.92 Å². The highest BCUT2D eigenvalue weighted by molar-refractivity contribution is 5.06. The van der Waals surface area contributed by atoms with Crippen LogP contribution in [-0.2, 0) is 17.8 Å². The van der Waals surface area contributed by atoms with Crippen molar-refractivity contribution in [3.63, 3.8) is 0 Å². The van der Waals surface area contributed by atoms with Crippen molar-refractivity contribution in [2.24, 2.45) is 0 Å². The Labute approximate surface area is 105 Å². The van der Waals surface area contributed by atoms with Gasteiger partial charge in [-0.2, -0.15) is 13.2 Å². The summed E-state index contributed by atoms with van der Waals surface area (Å²) < 4.78 is 42.1. The van der Waals surface area contributed by atoms with Crippen LogP contribution in [0.5, 0.6) is 0 Å². The number of alkyl halides is 3. The number of halogens is 3. The molecule has 0 atom stereocenters. The first-order valence-electron chi connectivity index (χ1n) is 6.02. The van der Waals surface area contributed by atoms with E-state index < -0.39 is 12.8 Å². The van der Waals surface area contributed by atoms with Crippen molar-refractivity contribution in [1.82, 2.24) is 9.88 Å². The number of rotatable bonds is 8. The van der Waals surface area contributed by atoms with Gasteiger partial charge < -0.3 is 14.6 Å². The van der Waals surface area contributed by atoms with Crippen LogP contribution in [0, 0.1) is 0 Å². The van der Waals surface area contributed by atoms with Crippen LogP contribution < -0.4 is 5.32 Å². The zero-order chi connectivity index (χ0) is 13.4. The van der Waals surface area contributed by atoms with Crippen molar-refractivity contribution in [1.29, 1.82) is 0 Å². The highest BCUT2D eigenvalue weighted by Gasteiger charge is 2.27. The van der Waals surface area contributed by atoms with Gasteiger partial charge in [0.05, 0.1) is 6.61 Å². The Balaban J connectivity index is 2.27. The Kier molecular flexibility index (Phi) is 6.21. The molecule has 0 aliphatic heterocycles. The van der Waals surface area contributed by atoms with Crippen molar-refractivity contribution in [3.8, 4) is 0 Å². The largest absolute Gasteiger partial charge is 0.411 e. The van der Waals surface area contributed by atoms with E-state index in [0.717, 1.165) is 25.2 Å². The molecule has 1 heterocycles. The molecule has 1 rings (SSSR count). The molecule has 0 aliphatic rings. The monoisotopic (exact) mass is 264 g/mol. The highest BCUT2D eigenvalue weighted by Crippen LogP contribution is 2.14. The Morgan fingerprint density at radius 3 is 2.83 bits per heavy atom. The number of aromatic nitrogens is 1. The van der Waals surface area contributed by atoms with E-state index in [9.17, 15) is 13.2 Å². The van der Waals surface area contributed by atoms with Crippen molar-refractivity contribution >= 4 is 0 Å². The Morgan fingerprint density at radius 2 is 2.17 bits per heavy atom. The average Bonchev–Trinajstić information content (AvgIpc) is 2.71. The molecule has 0 spiro atoms. The zero-order valence-electron chi connectivity index (χ0n) is 10.5. The molecular formula is C12H19F3N2O.